The van der Waals surface area contributed by atoms with Crippen molar-refractivity contribution in [3.8, 4) is 44.5 Å². The van der Waals surface area contributed by atoms with E-state index >= 15 is 0 Å². The summed E-state index contributed by atoms with van der Waals surface area (Å²) < 4.78 is 0. The minimum absolute atomic E-state index is 1.03. The van der Waals surface area contributed by atoms with Crippen molar-refractivity contribution in [2.75, 3.05) is 0 Å². The zero-order chi connectivity index (χ0) is 29.0. The van der Waals surface area contributed by atoms with Crippen LogP contribution in [0.15, 0.2) is 140 Å². The maximum absolute atomic E-state index is 4.37. The summed E-state index contributed by atoms with van der Waals surface area (Å²) in [6, 6.07) is 37.9. The summed E-state index contributed by atoms with van der Waals surface area (Å²) in [4.78, 5) is 12.9. The van der Waals surface area contributed by atoms with E-state index in [4.69, 9.17) is 0 Å². The van der Waals surface area contributed by atoms with Gasteiger partial charge in [0, 0.05) is 42.6 Å². The first kappa shape index (κ1) is 24.9. The number of nitrogens with zero attached hydrogens (tertiary/aromatic N) is 3. The molecule has 3 heterocycles. The Balaban J connectivity index is 1.31. The molecule has 0 spiro atoms. The van der Waals surface area contributed by atoms with Crippen molar-refractivity contribution < 1.29 is 0 Å². The number of pyridine rings is 3. The summed E-state index contributed by atoms with van der Waals surface area (Å²) in [6.45, 7) is 0. The molecule has 0 bridgehead atoms. The lowest BCUT2D eigenvalue weighted by Gasteiger charge is -2.24. The first-order valence-electron chi connectivity index (χ1n) is 15.1. The van der Waals surface area contributed by atoms with Crippen molar-refractivity contribution in [1.82, 2.24) is 15.0 Å². The van der Waals surface area contributed by atoms with E-state index in [-0.39, 0.29) is 0 Å². The van der Waals surface area contributed by atoms with Crippen molar-refractivity contribution in [3.05, 3.63) is 151 Å². The number of aryl methyl sites for hydroxylation is 2. The quantitative estimate of drug-likeness (QED) is 0.201. The lowest BCUT2D eigenvalue weighted by Crippen LogP contribution is -2.04. The van der Waals surface area contributed by atoms with Crippen LogP contribution in [-0.2, 0) is 12.8 Å². The van der Waals surface area contributed by atoms with Gasteiger partial charge in [-0.15, -0.1) is 0 Å². The Morgan fingerprint density at radius 3 is 1.86 bits per heavy atom. The van der Waals surface area contributed by atoms with Gasteiger partial charge in [-0.3, -0.25) is 15.0 Å². The Hall–Kier alpha value is -5.67. The second-order valence-electron chi connectivity index (χ2n) is 11.6. The molecule has 1 aliphatic carbocycles. The minimum Gasteiger partial charge on any atom is -0.265 e. The molecule has 8 aromatic rings. The average molecular weight is 562 g/mol. The molecule has 0 N–H and O–H groups in total. The molecule has 0 unspecified atom stereocenters. The van der Waals surface area contributed by atoms with Crippen LogP contribution in [0.1, 0.15) is 11.1 Å². The maximum Gasteiger partial charge on any atom is 0.0346 e. The van der Waals surface area contributed by atoms with Gasteiger partial charge in [0.15, 0.2) is 0 Å². The topological polar surface area (TPSA) is 38.7 Å². The molecule has 0 aliphatic heterocycles. The molecule has 0 amide bonds. The third kappa shape index (κ3) is 3.94. The van der Waals surface area contributed by atoms with Gasteiger partial charge in [-0.1, -0.05) is 54.6 Å². The van der Waals surface area contributed by atoms with Crippen LogP contribution in [0.25, 0.3) is 76.8 Å². The van der Waals surface area contributed by atoms with E-state index < -0.39 is 0 Å². The summed E-state index contributed by atoms with van der Waals surface area (Å²) in [5.41, 5.74) is 12.6. The third-order valence-corrected chi connectivity index (χ3v) is 9.24. The van der Waals surface area contributed by atoms with Crippen LogP contribution in [0.2, 0.25) is 0 Å². The number of rotatable bonds is 4. The fourth-order valence-corrected chi connectivity index (χ4v) is 7.20. The van der Waals surface area contributed by atoms with Crippen LogP contribution in [0.4, 0.5) is 0 Å². The highest BCUT2D eigenvalue weighted by Gasteiger charge is 2.21. The zero-order valence-electron chi connectivity index (χ0n) is 24.0. The molecular weight excluding hydrogens is 534 g/mol. The highest BCUT2D eigenvalue weighted by Crippen LogP contribution is 2.45. The summed E-state index contributed by atoms with van der Waals surface area (Å²) in [6.07, 6.45) is 13.4. The molecule has 1 aliphatic rings. The second kappa shape index (κ2) is 9.96. The monoisotopic (exact) mass is 561 g/mol. The van der Waals surface area contributed by atoms with E-state index in [1.165, 1.54) is 76.8 Å². The van der Waals surface area contributed by atoms with Crippen molar-refractivity contribution in [2.24, 2.45) is 0 Å². The van der Waals surface area contributed by atoms with Crippen LogP contribution in [0.3, 0.4) is 0 Å². The van der Waals surface area contributed by atoms with Gasteiger partial charge in [0.05, 0.1) is 0 Å². The van der Waals surface area contributed by atoms with E-state index in [0.29, 0.717) is 0 Å². The molecule has 44 heavy (non-hydrogen) atoms. The van der Waals surface area contributed by atoms with E-state index in [1.807, 2.05) is 37.2 Å². The number of aromatic nitrogens is 3. The number of hydrogen-bond donors (Lipinski definition) is 0. The minimum atomic E-state index is 1.03. The predicted molar refractivity (Wildman–Crippen MR) is 181 cm³/mol. The van der Waals surface area contributed by atoms with Crippen LogP contribution >= 0.6 is 0 Å². The maximum atomic E-state index is 4.37. The number of fused-ring (bicyclic) bond motifs is 1. The lowest BCUT2D eigenvalue weighted by atomic mass is 9.80. The molecule has 3 nitrogen and oxygen atoms in total. The van der Waals surface area contributed by atoms with Crippen molar-refractivity contribution >= 4 is 32.3 Å². The smallest absolute Gasteiger partial charge is 0.0346 e. The lowest BCUT2D eigenvalue weighted by molar-refractivity contribution is 0.970. The van der Waals surface area contributed by atoms with Crippen LogP contribution in [-0.4, -0.2) is 15.0 Å². The Labute approximate surface area is 255 Å². The summed E-state index contributed by atoms with van der Waals surface area (Å²) >= 11 is 0. The Bertz CT molecular complexity index is 2310. The molecule has 5 aromatic carbocycles. The largest absolute Gasteiger partial charge is 0.265 e. The van der Waals surface area contributed by atoms with E-state index in [0.717, 1.165) is 24.0 Å². The Morgan fingerprint density at radius 1 is 0.409 bits per heavy atom. The molecule has 9 rings (SSSR count). The second-order valence-corrected chi connectivity index (χ2v) is 11.6. The third-order valence-electron chi connectivity index (χ3n) is 9.24. The fourth-order valence-electron chi connectivity index (χ4n) is 7.20. The van der Waals surface area contributed by atoms with Crippen LogP contribution < -0.4 is 0 Å². The Morgan fingerprint density at radius 2 is 1.09 bits per heavy atom. The van der Waals surface area contributed by atoms with Gasteiger partial charge in [-0.05, 0) is 144 Å². The first-order valence-corrected chi connectivity index (χ1v) is 15.1. The standard InChI is InChI=1S/C41H27N3/c1-2-30-25-44-21-16-35(30)36(3-1)37-9-5-29-6-10-38-34(8-4-28-7-11-39(37)41(29)40(28)38)33-23-31(26-12-17-42-18-13-26)22-32(24-33)27-14-19-43-20-15-27/h1-6,8-10,12-25H,7,11H2. The highest BCUT2D eigenvalue weighted by atomic mass is 14.6. The van der Waals surface area contributed by atoms with Crippen molar-refractivity contribution in [3.63, 3.8) is 0 Å². The SMILES string of the molecule is c1cc(-c2ccc3ccc4c(-c5cc(-c6ccncc6)cc(-c6ccncc6)c5)ccc5c4c3c2CC5)c2ccncc2c1. The van der Waals surface area contributed by atoms with Gasteiger partial charge in [0.1, 0.15) is 0 Å². The predicted octanol–water partition coefficient (Wildman–Crippen LogP) is 10.1. The van der Waals surface area contributed by atoms with Gasteiger partial charge in [-0.2, -0.15) is 0 Å². The number of hydrogen-bond acceptors (Lipinski definition) is 3. The highest BCUT2D eigenvalue weighted by molar-refractivity contribution is 6.17. The van der Waals surface area contributed by atoms with Crippen molar-refractivity contribution in [1.29, 1.82) is 0 Å². The zero-order valence-corrected chi connectivity index (χ0v) is 24.0. The van der Waals surface area contributed by atoms with E-state index in [1.54, 1.807) is 0 Å². The molecule has 0 radical (unpaired) electrons. The van der Waals surface area contributed by atoms with Crippen LogP contribution in [0.5, 0.6) is 0 Å². The number of benzene rings is 5. The molecule has 3 heteroatoms. The average Bonchev–Trinajstić information content (AvgIpc) is 3.11. The fraction of sp³-hybridized carbons (Fsp3) is 0.0488. The molecule has 0 atom stereocenters. The van der Waals surface area contributed by atoms with Gasteiger partial charge in [0.25, 0.3) is 0 Å². The van der Waals surface area contributed by atoms with Crippen molar-refractivity contribution in [2.45, 2.75) is 12.8 Å². The normalized spacial score (nSPS) is 12.4. The summed E-state index contributed by atoms with van der Waals surface area (Å²) in [5, 5.41) is 7.83. The van der Waals surface area contributed by atoms with Gasteiger partial charge in [-0.25, -0.2) is 0 Å². The molecule has 0 fully saturated rings. The van der Waals surface area contributed by atoms with Crippen LogP contribution in [0, 0.1) is 0 Å². The molecule has 3 aromatic heterocycles. The van der Waals surface area contributed by atoms with E-state index in [2.05, 4.69) is 118 Å². The van der Waals surface area contributed by atoms with Gasteiger partial charge < -0.3 is 0 Å². The molecule has 0 saturated carbocycles. The molecular formula is C41H27N3. The summed E-state index contributed by atoms with van der Waals surface area (Å²) in [7, 11) is 0. The van der Waals surface area contributed by atoms with E-state index in [9.17, 15) is 0 Å². The van der Waals surface area contributed by atoms with Gasteiger partial charge >= 0.3 is 0 Å². The molecule has 206 valence electrons. The molecule has 0 saturated heterocycles. The first-order chi connectivity index (χ1) is 21.8. The summed E-state index contributed by atoms with van der Waals surface area (Å²) in [5.74, 6) is 0. The van der Waals surface area contributed by atoms with Gasteiger partial charge in [0.2, 0.25) is 0 Å². The Kier molecular flexibility index (Phi) is 5.63.